The van der Waals surface area contributed by atoms with Gasteiger partial charge in [0.15, 0.2) is 7.35 Å². The van der Waals surface area contributed by atoms with Crippen molar-refractivity contribution < 1.29 is 0 Å². The van der Waals surface area contributed by atoms with Crippen molar-refractivity contribution in [1.82, 2.24) is 10.2 Å². The molecule has 0 saturated carbocycles. The molecular weight excluding hydrogens is 257 g/mol. The third kappa shape index (κ3) is 1.54. The summed E-state index contributed by atoms with van der Waals surface area (Å²) in [5.41, 5.74) is 0. The van der Waals surface area contributed by atoms with Gasteiger partial charge >= 0.3 is 0 Å². The Kier molecular flexibility index (Phi) is 2.47. The molecule has 0 unspecified atom stereocenters. The lowest BCUT2D eigenvalue weighted by molar-refractivity contribution is 0.996. The van der Waals surface area contributed by atoms with Gasteiger partial charge in [-0.1, -0.05) is 11.3 Å². The fourth-order valence-electron chi connectivity index (χ4n) is 0.241. The van der Waals surface area contributed by atoms with Crippen molar-refractivity contribution in [3.63, 3.8) is 0 Å². The molecule has 0 atom stereocenters. The quantitative estimate of drug-likeness (QED) is 0.606. The molecule has 44 valence electrons. The highest BCUT2D eigenvalue weighted by atomic mass is 127. The average Bonchev–Trinajstić information content (AvgIpc) is 2.14. The van der Waals surface area contributed by atoms with Gasteiger partial charge in [-0.2, -0.15) is 0 Å². The van der Waals surface area contributed by atoms with Crippen molar-refractivity contribution in [3.8, 4) is 0 Å². The zero-order valence-electron chi connectivity index (χ0n) is 3.67. The Hall–Kier alpha value is 0.600. The van der Waals surface area contributed by atoms with E-state index in [1.54, 1.807) is 0 Å². The minimum absolute atomic E-state index is 0.814. The Morgan fingerprint density at radius 2 is 2.38 bits per heavy atom. The molecule has 0 aliphatic rings. The van der Waals surface area contributed by atoms with Crippen molar-refractivity contribution in [2.45, 2.75) is 4.34 Å². The van der Waals surface area contributed by atoms with E-state index >= 15 is 0 Å². The van der Waals surface area contributed by atoms with E-state index in [-0.39, 0.29) is 0 Å². The Morgan fingerprint density at radius 3 is 2.62 bits per heavy atom. The van der Waals surface area contributed by atoms with E-state index in [0.717, 1.165) is 19.3 Å². The zero-order valence-corrected chi connectivity index (χ0v) is 7.46. The molecule has 2 N–H and O–H groups in total. The molecule has 1 aromatic rings. The SMILES string of the molecule is NSc1nnc(I)s1. The van der Waals surface area contributed by atoms with Gasteiger partial charge in [0.1, 0.15) is 0 Å². The normalized spacial score (nSPS) is 9.75. The second kappa shape index (κ2) is 2.95. The van der Waals surface area contributed by atoms with Gasteiger partial charge < -0.3 is 0 Å². The molecule has 0 aliphatic heterocycles. The molecule has 1 aromatic heterocycles. The lowest BCUT2D eigenvalue weighted by atomic mass is 11.6. The molecule has 6 heteroatoms. The third-order valence-electron chi connectivity index (χ3n) is 0.483. The van der Waals surface area contributed by atoms with Crippen molar-refractivity contribution in [2.24, 2.45) is 5.14 Å². The van der Waals surface area contributed by atoms with Crippen LogP contribution in [0.2, 0.25) is 0 Å². The molecule has 0 aliphatic carbocycles. The van der Waals surface area contributed by atoms with Gasteiger partial charge in [-0.05, 0) is 34.5 Å². The van der Waals surface area contributed by atoms with E-state index < -0.39 is 0 Å². The van der Waals surface area contributed by atoms with E-state index in [4.69, 9.17) is 5.14 Å². The van der Waals surface area contributed by atoms with Crippen LogP contribution in [0.15, 0.2) is 4.34 Å². The van der Waals surface area contributed by atoms with Gasteiger partial charge in [-0.3, -0.25) is 5.14 Å². The number of aromatic nitrogens is 2. The molecular formula is C2H2IN3S2. The van der Waals surface area contributed by atoms with E-state index in [2.05, 4.69) is 32.8 Å². The summed E-state index contributed by atoms with van der Waals surface area (Å²) in [6.07, 6.45) is 0. The molecule has 0 radical (unpaired) electrons. The number of hydrogen-bond donors (Lipinski definition) is 1. The Bertz CT molecular complexity index is 176. The Morgan fingerprint density at radius 1 is 1.62 bits per heavy atom. The summed E-state index contributed by atoms with van der Waals surface area (Å²) in [7, 11) is 0. The standard InChI is InChI=1S/C2H2IN3S2/c3-1-5-6-2(7-1)8-4/h4H2. The Balaban J connectivity index is 2.84. The first kappa shape index (κ1) is 6.72. The highest BCUT2D eigenvalue weighted by molar-refractivity contribution is 14.1. The molecule has 0 spiro atoms. The van der Waals surface area contributed by atoms with Gasteiger partial charge in [0.2, 0.25) is 0 Å². The number of rotatable bonds is 1. The van der Waals surface area contributed by atoms with E-state index in [1.165, 1.54) is 11.3 Å². The average molecular weight is 259 g/mol. The second-order valence-corrected chi connectivity index (χ2v) is 4.55. The molecule has 8 heavy (non-hydrogen) atoms. The highest BCUT2D eigenvalue weighted by Gasteiger charge is 1.96. The summed E-state index contributed by atoms with van der Waals surface area (Å²) in [5, 5.41) is 12.7. The molecule has 3 nitrogen and oxygen atoms in total. The zero-order chi connectivity index (χ0) is 5.98. The molecule has 0 saturated heterocycles. The maximum Gasteiger partial charge on any atom is 0.189 e. The molecule has 1 rings (SSSR count). The first-order valence-corrected chi connectivity index (χ1v) is 4.46. The molecule has 0 bridgehead atoms. The maximum absolute atomic E-state index is 5.18. The van der Waals surface area contributed by atoms with Crippen LogP contribution >= 0.6 is 45.9 Å². The summed E-state index contributed by atoms with van der Waals surface area (Å²) in [6, 6.07) is 0. The third-order valence-corrected chi connectivity index (χ3v) is 2.69. The van der Waals surface area contributed by atoms with Crippen molar-refractivity contribution >= 4 is 45.9 Å². The monoisotopic (exact) mass is 259 g/mol. The predicted molar refractivity (Wildman–Crippen MR) is 42.7 cm³/mol. The second-order valence-electron chi connectivity index (χ2n) is 0.939. The van der Waals surface area contributed by atoms with Crippen LogP contribution in [0.1, 0.15) is 0 Å². The molecule has 0 amide bonds. The molecule has 1 heterocycles. The number of halogens is 1. The van der Waals surface area contributed by atoms with Crippen molar-refractivity contribution in [3.05, 3.63) is 3.01 Å². The number of nitrogens with two attached hydrogens (primary N) is 1. The fraction of sp³-hybridized carbons (Fsp3) is 0. The lowest BCUT2D eigenvalue weighted by Crippen LogP contribution is -1.76. The van der Waals surface area contributed by atoms with Crippen LogP contribution in [0.4, 0.5) is 0 Å². The van der Waals surface area contributed by atoms with Crippen LogP contribution in [0.25, 0.3) is 0 Å². The summed E-state index contributed by atoms with van der Waals surface area (Å²) in [4.78, 5) is 0. The number of hydrogen-bond acceptors (Lipinski definition) is 5. The van der Waals surface area contributed by atoms with Gasteiger partial charge in [0.25, 0.3) is 0 Å². The van der Waals surface area contributed by atoms with Crippen LogP contribution in [-0.4, -0.2) is 10.2 Å². The van der Waals surface area contributed by atoms with Gasteiger partial charge in [-0.25, -0.2) is 0 Å². The molecule has 0 aromatic carbocycles. The number of nitrogens with zero attached hydrogens (tertiary/aromatic N) is 2. The van der Waals surface area contributed by atoms with Crippen LogP contribution in [0, 0.1) is 3.01 Å². The summed E-state index contributed by atoms with van der Waals surface area (Å²) in [5.74, 6) is 0. The fourth-order valence-corrected chi connectivity index (χ4v) is 2.25. The smallest absolute Gasteiger partial charge is 0.189 e. The molecule has 0 fully saturated rings. The van der Waals surface area contributed by atoms with Crippen molar-refractivity contribution in [1.29, 1.82) is 0 Å². The van der Waals surface area contributed by atoms with E-state index in [9.17, 15) is 0 Å². The summed E-state index contributed by atoms with van der Waals surface area (Å²) >= 11 is 4.72. The van der Waals surface area contributed by atoms with Crippen LogP contribution < -0.4 is 5.14 Å². The minimum Gasteiger partial charge on any atom is -0.272 e. The van der Waals surface area contributed by atoms with Crippen LogP contribution in [0.3, 0.4) is 0 Å². The van der Waals surface area contributed by atoms with E-state index in [1.807, 2.05) is 0 Å². The topological polar surface area (TPSA) is 51.8 Å². The van der Waals surface area contributed by atoms with Gasteiger partial charge in [0, 0.05) is 0 Å². The summed E-state index contributed by atoms with van der Waals surface area (Å²) < 4.78 is 1.74. The van der Waals surface area contributed by atoms with Crippen LogP contribution in [-0.2, 0) is 0 Å². The Labute approximate surface area is 68.3 Å². The van der Waals surface area contributed by atoms with E-state index in [0.29, 0.717) is 0 Å². The van der Waals surface area contributed by atoms with Gasteiger partial charge in [-0.15, -0.1) is 10.2 Å². The first-order valence-electron chi connectivity index (χ1n) is 1.68. The lowest BCUT2D eigenvalue weighted by Gasteiger charge is -1.75. The minimum atomic E-state index is 0.814. The first-order chi connectivity index (χ1) is 3.83. The maximum atomic E-state index is 5.18. The summed E-state index contributed by atoms with van der Waals surface area (Å²) in [6.45, 7) is 0. The van der Waals surface area contributed by atoms with Crippen LogP contribution in [0.5, 0.6) is 0 Å². The van der Waals surface area contributed by atoms with Crippen molar-refractivity contribution in [2.75, 3.05) is 0 Å². The largest absolute Gasteiger partial charge is 0.272 e. The predicted octanol–water partition coefficient (Wildman–Crippen LogP) is 1.11. The van der Waals surface area contributed by atoms with Gasteiger partial charge in [0.05, 0.1) is 0 Å². The highest BCUT2D eigenvalue weighted by Crippen LogP contribution is 2.17.